The average molecular weight is 278 g/mol. The summed E-state index contributed by atoms with van der Waals surface area (Å²) in [7, 11) is 3.59. The predicted molar refractivity (Wildman–Crippen MR) is 76.0 cm³/mol. The van der Waals surface area contributed by atoms with E-state index in [0.717, 1.165) is 23.8 Å². The van der Waals surface area contributed by atoms with Crippen LogP contribution in [0.15, 0.2) is 39.8 Å². The van der Waals surface area contributed by atoms with E-state index in [1.54, 1.807) is 18.9 Å². The summed E-state index contributed by atoms with van der Waals surface area (Å²) in [5, 5.41) is 7.17. The van der Waals surface area contributed by atoms with Crippen LogP contribution >= 0.6 is 11.8 Å². The fraction of sp³-hybridized carbons (Fsp3) is 0.357. The van der Waals surface area contributed by atoms with Crippen molar-refractivity contribution in [2.75, 3.05) is 14.2 Å². The largest absolute Gasteiger partial charge is 0.377 e. The maximum absolute atomic E-state index is 5.16. The van der Waals surface area contributed by atoms with Crippen LogP contribution in [0.3, 0.4) is 0 Å². The Kier molecular flexibility index (Phi) is 5.44. The van der Waals surface area contributed by atoms with E-state index in [0.29, 0.717) is 6.61 Å². The van der Waals surface area contributed by atoms with E-state index < -0.39 is 0 Å². The first kappa shape index (κ1) is 14.1. The van der Waals surface area contributed by atoms with Crippen LogP contribution in [0.5, 0.6) is 0 Å². The van der Waals surface area contributed by atoms with Gasteiger partial charge in [0.15, 0.2) is 5.76 Å². The summed E-state index contributed by atoms with van der Waals surface area (Å²) in [6.07, 6.45) is 0. The molecule has 0 aliphatic heterocycles. The second-order valence-corrected chi connectivity index (χ2v) is 5.23. The molecule has 4 nitrogen and oxygen atoms in total. The van der Waals surface area contributed by atoms with Crippen LogP contribution in [-0.2, 0) is 23.6 Å². The van der Waals surface area contributed by atoms with Gasteiger partial charge in [-0.25, -0.2) is 0 Å². The van der Waals surface area contributed by atoms with Gasteiger partial charge in [-0.1, -0.05) is 17.3 Å². The highest BCUT2D eigenvalue weighted by molar-refractivity contribution is 7.98. The number of hydrogen-bond donors (Lipinski definition) is 1. The van der Waals surface area contributed by atoms with E-state index in [-0.39, 0.29) is 0 Å². The second kappa shape index (κ2) is 7.33. The smallest absolute Gasteiger partial charge is 0.162 e. The summed E-state index contributed by atoms with van der Waals surface area (Å²) in [5.74, 6) is 1.57. The van der Waals surface area contributed by atoms with Crippen molar-refractivity contribution >= 4 is 11.8 Å². The van der Waals surface area contributed by atoms with Gasteiger partial charge >= 0.3 is 0 Å². The number of nitrogens with zero attached hydrogens (tertiary/aromatic N) is 1. The molecule has 1 aromatic heterocycles. The molecule has 0 unspecified atom stereocenters. The molecular formula is C14H18N2O2S. The molecule has 0 saturated carbocycles. The number of hydrogen-bond acceptors (Lipinski definition) is 5. The zero-order chi connectivity index (χ0) is 13.5. The molecule has 0 atom stereocenters. The number of ether oxygens (including phenoxy) is 1. The first-order valence-corrected chi connectivity index (χ1v) is 7.10. The zero-order valence-electron chi connectivity index (χ0n) is 11.2. The Morgan fingerprint density at radius 3 is 3.05 bits per heavy atom. The normalized spacial score (nSPS) is 10.8. The lowest BCUT2D eigenvalue weighted by atomic mass is 10.2. The monoisotopic (exact) mass is 278 g/mol. The molecule has 5 heteroatoms. The molecule has 0 saturated heterocycles. The van der Waals surface area contributed by atoms with Crippen LogP contribution < -0.4 is 5.32 Å². The highest BCUT2D eigenvalue weighted by atomic mass is 32.2. The summed E-state index contributed by atoms with van der Waals surface area (Å²) < 4.78 is 10.2. The molecule has 0 aliphatic carbocycles. The van der Waals surface area contributed by atoms with Gasteiger partial charge in [-0.15, -0.1) is 11.8 Å². The average Bonchev–Trinajstić information content (AvgIpc) is 2.86. The summed E-state index contributed by atoms with van der Waals surface area (Å²) in [6, 6.07) is 10.4. The molecular weight excluding hydrogens is 260 g/mol. The summed E-state index contributed by atoms with van der Waals surface area (Å²) >= 11 is 1.75. The topological polar surface area (TPSA) is 47.3 Å². The van der Waals surface area contributed by atoms with E-state index in [1.807, 2.05) is 13.1 Å². The molecule has 0 bridgehead atoms. The van der Waals surface area contributed by atoms with Gasteiger partial charge in [0.25, 0.3) is 0 Å². The van der Waals surface area contributed by atoms with Gasteiger partial charge in [-0.3, -0.25) is 0 Å². The van der Waals surface area contributed by atoms with E-state index in [1.165, 1.54) is 10.5 Å². The third-order valence-electron chi connectivity index (χ3n) is 2.56. The minimum Gasteiger partial charge on any atom is -0.377 e. The van der Waals surface area contributed by atoms with Crippen LogP contribution in [0.4, 0.5) is 0 Å². The molecule has 1 heterocycles. The Morgan fingerprint density at radius 1 is 1.37 bits per heavy atom. The van der Waals surface area contributed by atoms with Crippen molar-refractivity contribution in [3.63, 3.8) is 0 Å². The SMILES string of the molecule is CNCc1cccc(SCc2cc(COC)on2)c1. The molecule has 2 aromatic rings. The number of benzene rings is 1. The molecule has 102 valence electrons. The van der Waals surface area contributed by atoms with Crippen LogP contribution in [0.2, 0.25) is 0 Å². The lowest BCUT2D eigenvalue weighted by Gasteiger charge is -2.03. The number of methoxy groups -OCH3 is 1. The standard InChI is InChI=1S/C14H18N2O2S/c1-15-8-11-4-3-5-14(6-11)19-10-12-7-13(9-17-2)18-16-12/h3-7,15H,8-10H2,1-2H3. The first-order chi connectivity index (χ1) is 9.31. The van der Waals surface area contributed by atoms with Crippen molar-refractivity contribution < 1.29 is 9.26 Å². The molecule has 0 fully saturated rings. The molecule has 2 rings (SSSR count). The van der Waals surface area contributed by atoms with Crippen molar-refractivity contribution in [1.82, 2.24) is 10.5 Å². The molecule has 0 spiro atoms. The molecule has 1 N–H and O–H groups in total. The lowest BCUT2D eigenvalue weighted by molar-refractivity contribution is 0.156. The van der Waals surface area contributed by atoms with Crippen LogP contribution in [0, 0.1) is 0 Å². The van der Waals surface area contributed by atoms with Crippen LogP contribution in [0.1, 0.15) is 17.0 Å². The zero-order valence-corrected chi connectivity index (χ0v) is 12.0. The van der Waals surface area contributed by atoms with Gasteiger partial charge in [-0.05, 0) is 24.7 Å². The second-order valence-electron chi connectivity index (χ2n) is 4.18. The Labute approximate surface area is 117 Å². The number of aromatic nitrogens is 1. The van der Waals surface area contributed by atoms with Gasteiger partial charge in [0.1, 0.15) is 6.61 Å². The van der Waals surface area contributed by atoms with Crippen molar-refractivity contribution in [1.29, 1.82) is 0 Å². The minimum atomic E-state index is 0.468. The molecule has 19 heavy (non-hydrogen) atoms. The Balaban J connectivity index is 1.91. The number of nitrogens with one attached hydrogen (secondary N) is 1. The first-order valence-electron chi connectivity index (χ1n) is 6.11. The van der Waals surface area contributed by atoms with Gasteiger partial charge in [0, 0.05) is 30.4 Å². The van der Waals surface area contributed by atoms with Crippen LogP contribution in [-0.4, -0.2) is 19.3 Å². The molecule has 0 aliphatic rings. The summed E-state index contributed by atoms with van der Waals surface area (Å²) in [5.41, 5.74) is 2.23. The van der Waals surface area contributed by atoms with E-state index in [2.05, 4.69) is 34.7 Å². The van der Waals surface area contributed by atoms with Crippen LogP contribution in [0.25, 0.3) is 0 Å². The maximum Gasteiger partial charge on any atom is 0.162 e. The van der Waals surface area contributed by atoms with Gasteiger partial charge in [0.2, 0.25) is 0 Å². The van der Waals surface area contributed by atoms with Crippen molar-refractivity contribution in [2.45, 2.75) is 23.8 Å². The quantitative estimate of drug-likeness (QED) is 0.789. The molecule has 0 radical (unpaired) electrons. The van der Waals surface area contributed by atoms with E-state index in [9.17, 15) is 0 Å². The number of thioether (sulfide) groups is 1. The van der Waals surface area contributed by atoms with Gasteiger partial charge in [-0.2, -0.15) is 0 Å². The Morgan fingerprint density at radius 2 is 2.26 bits per heavy atom. The van der Waals surface area contributed by atoms with Gasteiger partial charge in [0.05, 0.1) is 5.69 Å². The Hall–Kier alpha value is -1.30. The summed E-state index contributed by atoms with van der Waals surface area (Å²) in [4.78, 5) is 1.24. The van der Waals surface area contributed by atoms with E-state index >= 15 is 0 Å². The van der Waals surface area contributed by atoms with Gasteiger partial charge < -0.3 is 14.6 Å². The maximum atomic E-state index is 5.16. The van der Waals surface area contributed by atoms with Crippen molar-refractivity contribution in [2.24, 2.45) is 0 Å². The number of rotatable bonds is 7. The van der Waals surface area contributed by atoms with Crippen molar-refractivity contribution in [3.8, 4) is 0 Å². The lowest BCUT2D eigenvalue weighted by Crippen LogP contribution is -2.04. The predicted octanol–water partition coefficient (Wildman–Crippen LogP) is 2.83. The van der Waals surface area contributed by atoms with E-state index in [4.69, 9.17) is 9.26 Å². The highest BCUT2D eigenvalue weighted by Crippen LogP contribution is 2.23. The summed E-state index contributed by atoms with van der Waals surface area (Å²) in [6.45, 7) is 1.35. The third kappa shape index (κ3) is 4.38. The molecule has 0 amide bonds. The molecule has 1 aromatic carbocycles. The fourth-order valence-electron chi connectivity index (χ4n) is 1.74. The Bertz CT molecular complexity index is 514. The highest BCUT2D eigenvalue weighted by Gasteiger charge is 2.05. The van der Waals surface area contributed by atoms with Crippen molar-refractivity contribution in [3.05, 3.63) is 47.3 Å². The third-order valence-corrected chi connectivity index (χ3v) is 3.59. The minimum absolute atomic E-state index is 0.468. The fourth-order valence-corrected chi connectivity index (χ4v) is 2.60.